The molecule has 7 fully saturated rings. The Labute approximate surface area is 592 Å². The summed E-state index contributed by atoms with van der Waals surface area (Å²) < 4.78 is 41.6. The molecular weight excluding hydrogens is 1320 g/mol. The van der Waals surface area contributed by atoms with Gasteiger partial charge in [-0.05, 0) is 138 Å². The fourth-order valence-electron chi connectivity index (χ4n) is 16.0. The first kappa shape index (κ1) is 78.7. The summed E-state index contributed by atoms with van der Waals surface area (Å²) in [6, 6.07) is -5.35. The predicted octanol–water partition coefficient (Wildman–Crippen LogP) is 5.79. The Balaban J connectivity index is 1.16. The van der Waals surface area contributed by atoms with Crippen molar-refractivity contribution in [3.63, 3.8) is 0 Å². The van der Waals surface area contributed by atoms with Gasteiger partial charge in [0.05, 0.1) is 36.6 Å². The number of hydrogen-bond donors (Lipinski definition) is 3. The molecule has 100 heavy (non-hydrogen) atoms. The summed E-state index contributed by atoms with van der Waals surface area (Å²) in [4.78, 5) is 191. The van der Waals surface area contributed by atoms with Gasteiger partial charge < -0.3 is 60.0 Å². The number of amides is 12. The maximum absolute atomic E-state index is 15.8. The highest BCUT2D eigenvalue weighted by Crippen LogP contribution is 2.39. The van der Waals surface area contributed by atoms with Crippen LogP contribution in [-0.4, -0.2) is 251 Å². The van der Waals surface area contributed by atoms with E-state index in [0.717, 1.165) is 79.7 Å². The highest BCUT2D eigenvalue weighted by Gasteiger charge is 2.52. The third kappa shape index (κ3) is 19.6. The lowest BCUT2D eigenvalue weighted by molar-refractivity contribution is -0.157. The molecule has 3 aliphatic heterocycles. The van der Waals surface area contributed by atoms with Crippen LogP contribution in [0.5, 0.6) is 0 Å². The minimum Gasteiger partial charge on any atom is -0.343 e. The third-order valence-electron chi connectivity index (χ3n) is 22.2. The lowest BCUT2D eigenvalue weighted by Crippen LogP contribution is -2.65. The van der Waals surface area contributed by atoms with Gasteiger partial charge >= 0.3 is 6.18 Å². The second-order valence-corrected chi connectivity index (χ2v) is 30.5. The van der Waals surface area contributed by atoms with E-state index in [1.54, 1.807) is 4.90 Å². The molecule has 1 aromatic rings. The Morgan fingerprint density at radius 1 is 0.590 bits per heavy atom. The second-order valence-electron chi connectivity index (χ2n) is 30.1. The maximum Gasteiger partial charge on any atom is 0.417 e. The fraction of sp³-hybridized carbons (Fsp3) is 0.750. The smallest absolute Gasteiger partial charge is 0.343 e. The number of carbonyl (C=O) groups excluding carboxylic acids is 12. The van der Waals surface area contributed by atoms with Crippen LogP contribution >= 0.6 is 11.6 Å². The van der Waals surface area contributed by atoms with Gasteiger partial charge in [-0.3, -0.25) is 57.5 Å². The molecule has 4 saturated carbocycles. The van der Waals surface area contributed by atoms with E-state index < -0.39 is 167 Å². The number of likely N-dealkylation sites (tertiary alicyclic amines) is 1. The van der Waals surface area contributed by atoms with E-state index in [1.165, 1.54) is 84.8 Å². The highest BCUT2D eigenvalue weighted by molar-refractivity contribution is 6.31. The van der Waals surface area contributed by atoms with Crippen LogP contribution in [0, 0.1) is 23.7 Å². The summed E-state index contributed by atoms with van der Waals surface area (Å²) in [5, 5.41) is 8.21. The van der Waals surface area contributed by atoms with Crippen molar-refractivity contribution in [3.05, 3.63) is 34.3 Å². The van der Waals surface area contributed by atoms with E-state index in [9.17, 15) is 41.9 Å². The number of fused-ring (bicyclic) bond motifs is 1. The summed E-state index contributed by atoms with van der Waals surface area (Å²) in [5.41, 5.74) is -2.33. The van der Waals surface area contributed by atoms with Crippen molar-refractivity contribution in [1.82, 2.24) is 60.0 Å². The Kier molecular flexibility index (Phi) is 27.3. The zero-order valence-corrected chi connectivity index (χ0v) is 60.9. The lowest BCUT2D eigenvalue weighted by Gasteiger charge is -2.43. The van der Waals surface area contributed by atoms with E-state index in [-0.39, 0.29) is 69.2 Å². The highest BCUT2D eigenvalue weighted by atomic mass is 35.5. The Morgan fingerprint density at radius 3 is 1.80 bits per heavy atom. The molecule has 12 amide bonds. The summed E-state index contributed by atoms with van der Waals surface area (Å²) in [5.74, 6) is -8.31. The van der Waals surface area contributed by atoms with E-state index >= 15 is 28.8 Å². The molecule has 1 aromatic carbocycles. The molecular formula is C72H108ClF3N12O12. The van der Waals surface area contributed by atoms with Gasteiger partial charge in [0.2, 0.25) is 70.9 Å². The van der Waals surface area contributed by atoms with Gasteiger partial charge in [0.1, 0.15) is 47.8 Å². The van der Waals surface area contributed by atoms with E-state index in [2.05, 4.69) is 16.0 Å². The van der Waals surface area contributed by atoms with Crippen molar-refractivity contribution in [2.45, 2.75) is 235 Å². The molecule has 3 N–H and O–H groups in total. The zero-order chi connectivity index (χ0) is 73.1. The molecule has 556 valence electrons. The Bertz CT molecular complexity index is 3150. The molecule has 7 aliphatic rings. The van der Waals surface area contributed by atoms with Crippen molar-refractivity contribution in [3.8, 4) is 0 Å². The first-order valence-corrected chi connectivity index (χ1v) is 36.9. The number of piperidine rings is 1. The molecule has 24 nitrogen and oxygen atoms in total. The van der Waals surface area contributed by atoms with Gasteiger partial charge in [-0.1, -0.05) is 95.7 Å². The van der Waals surface area contributed by atoms with E-state index in [0.29, 0.717) is 76.4 Å². The van der Waals surface area contributed by atoms with Crippen LogP contribution in [0.3, 0.4) is 0 Å². The van der Waals surface area contributed by atoms with Gasteiger partial charge in [-0.2, -0.15) is 13.2 Å². The quantitative estimate of drug-likeness (QED) is 0.251. The minimum absolute atomic E-state index is 0.0254. The van der Waals surface area contributed by atoms with Crippen LogP contribution in [-0.2, 0) is 70.1 Å². The van der Waals surface area contributed by atoms with Crippen molar-refractivity contribution in [2.24, 2.45) is 23.7 Å². The second kappa shape index (κ2) is 34.7. The lowest BCUT2D eigenvalue weighted by atomic mass is 9.81. The summed E-state index contributed by atoms with van der Waals surface area (Å²) >= 11 is 6.16. The van der Waals surface area contributed by atoms with Crippen molar-refractivity contribution >= 4 is 82.5 Å². The SMILES string of the molecule is CC(C)C[C@H]1C(=O)N[C@@H](C2CC2)C(=O)N(C)CC(=O)N(C)CC(=O)N(C)[C@@H](CC2CCCCC2)C(=O)N(C)CC(=O)N[C@@H](CCc2ccc(C(F)(F)F)c(Cl)c2)C(=O)N2CCC[C@H]2C(=O)NC2(CCCC2)C(=O)N(C)[C@@H](C2CCCCC2)C(=O)N(C)[C@H](C(=O)N2CCCCC2)CC(=O)N1C. The molecule has 0 unspecified atom stereocenters. The van der Waals surface area contributed by atoms with E-state index in [1.807, 2.05) is 13.8 Å². The number of aryl methyl sites for hydroxylation is 1. The number of likely N-dealkylation sites (N-methyl/N-ethyl adjacent to an activating group) is 7. The molecule has 0 radical (unpaired) electrons. The Hall–Kier alpha value is -7.06. The number of nitrogens with zero attached hydrogens (tertiary/aromatic N) is 9. The number of alkyl halides is 3. The minimum atomic E-state index is -4.76. The van der Waals surface area contributed by atoms with Crippen LogP contribution in [0.1, 0.15) is 185 Å². The predicted molar refractivity (Wildman–Crippen MR) is 367 cm³/mol. The Morgan fingerprint density at radius 2 is 1.19 bits per heavy atom. The summed E-state index contributed by atoms with van der Waals surface area (Å²) in [7, 11) is 10.1. The summed E-state index contributed by atoms with van der Waals surface area (Å²) in [6.07, 6.45) is 8.01. The number of halogens is 4. The number of benzene rings is 1. The van der Waals surface area contributed by atoms with Gasteiger partial charge in [-0.25, -0.2) is 0 Å². The average molecular weight is 1430 g/mol. The first-order valence-electron chi connectivity index (χ1n) is 36.5. The van der Waals surface area contributed by atoms with Crippen molar-refractivity contribution in [1.29, 1.82) is 0 Å². The van der Waals surface area contributed by atoms with Crippen LogP contribution in [0.2, 0.25) is 5.02 Å². The molecule has 3 heterocycles. The topological polar surface area (TPSA) is 270 Å². The van der Waals surface area contributed by atoms with Gasteiger partial charge in [0.15, 0.2) is 0 Å². The van der Waals surface area contributed by atoms with Crippen molar-refractivity contribution < 1.29 is 70.7 Å². The maximum atomic E-state index is 15.8. The van der Waals surface area contributed by atoms with Crippen LogP contribution in [0.25, 0.3) is 0 Å². The summed E-state index contributed by atoms with van der Waals surface area (Å²) in [6.45, 7) is 2.93. The molecule has 8 rings (SSSR count). The molecule has 7 atom stereocenters. The average Bonchev–Trinajstić information content (AvgIpc) is 1.30. The molecule has 4 aliphatic carbocycles. The number of hydrogen-bond acceptors (Lipinski definition) is 12. The first-order chi connectivity index (χ1) is 47.3. The van der Waals surface area contributed by atoms with Gasteiger partial charge in [-0.15, -0.1) is 0 Å². The molecule has 0 bridgehead atoms. The van der Waals surface area contributed by atoms with Gasteiger partial charge in [0.25, 0.3) is 0 Å². The van der Waals surface area contributed by atoms with Crippen molar-refractivity contribution in [2.75, 3.05) is 88.6 Å². The van der Waals surface area contributed by atoms with Gasteiger partial charge in [0, 0.05) is 69.0 Å². The molecule has 28 heteroatoms. The zero-order valence-electron chi connectivity index (χ0n) is 60.1. The van der Waals surface area contributed by atoms with Crippen LogP contribution < -0.4 is 16.0 Å². The van der Waals surface area contributed by atoms with E-state index in [4.69, 9.17) is 11.6 Å². The standard InChI is InChI=1S/C72H108ClF3N12O12/c1-45(2)38-54-63(93)78-61(48-29-30-48)68(98)82(5)43-59(91)80(3)44-60(92)84(7)55(40-46-22-13-10-14-23-46)66(96)81(4)42-57(89)77-52(32-28-47-27-31-50(51(73)39-47)72(74,75)76)65(95)88-37-21-26-53(88)64(94)79-71(33-17-18-34-71)70(100)86(9)62(49-24-15-11-16-25-49)69(99)85(8)56(41-58(90)83(54)6)67(97)87-35-19-12-20-36-87/h27,31,39,45-46,48-49,52-56,61-62H,10-26,28-30,32-38,40-44H2,1-9H3,(H,77,89)(H,78,93)(H,79,94)/t52-,53-,54-,55-,56-,61-,62-/m0/s1. The monoisotopic (exact) mass is 1420 g/mol. The molecule has 0 aromatic heterocycles. The normalized spacial score (nSPS) is 27.4. The third-order valence-corrected chi connectivity index (χ3v) is 22.5. The van der Waals surface area contributed by atoms with Crippen LogP contribution in [0.4, 0.5) is 13.2 Å². The fourth-order valence-corrected chi connectivity index (χ4v) is 16.3. The molecule has 1 spiro atoms. The number of carbonyl (C=O) groups is 12. The van der Waals surface area contributed by atoms with Crippen LogP contribution in [0.15, 0.2) is 18.2 Å². The largest absolute Gasteiger partial charge is 0.417 e. The number of nitrogens with one attached hydrogen (secondary N) is 3. The number of rotatable bonds is 10. The molecule has 3 saturated heterocycles.